The van der Waals surface area contributed by atoms with Gasteiger partial charge in [0.1, 0.15) is 11.5 Å². The van der Waals surface area contributed by atoms with Crippen LogP contribution in [0.25, 0.3) is 5.65 Å². The van der Waals surface area contributed by atoms with Crippen LogP contribution < -0.4 is 15.0 Å². The average Bonchev–Trinajstić information content (AvgIpc) is 3.39. The molecule has 1 aliphatic heterocycles. The van der Waals surface area contributed by atoms with Crippen LogP contribution in [0.2, 0.25) is 0 Å². The van der Waals surface area contributed by atoms with Gasteiger partial charge in [0.05, 0.1) is 6.20 Å². The molecule has 4 rings (SSSR count). The molecule has 1 aliphatic rings. The van der Waals surface area contributed by atoms with Crippen molar-refractivity contribution in [2.24, 2.45) is 5.92 Å². The Bertz CT molecular complexity index is 1220. The van der Waals surface area contributed by atoms with E-state index in [2.05, 4.69) is 25.4 Å². The van der Waals surface area contributed by atoms with E-state index < -0.39 is 30.0 Å². The van der Waals surface area contributed by atoms with E-state index in [0.29, 0.717) is 25.3 Å². The van der Waals surface area contributed by atoms with Gasteiger partial charge in [0.15, 0.2) is 29.6 Å². The zero-order valence-corrected chi connectivity index (χ0v) is 19.8. The zero-order chi connectivity index (χ0) is 25.5. The van der Waals surface area contributed by atoms with Gasteiger partial charge in [-0.05, 0) is 38.3 Å². The van der Waals surface area contributed by atoms with Crippen LogP contribution >= 0.6 is 9.24 Å². The third kappa shape index (κ3) is 5.68. The molecule has 0 aromatic carbocycles. The first-order chi connectivity index (χ1) is 16.3. The highest BCUT2D eigenvalue weighted by molar-refractivity contribution is 7.17. The molecular formula is C20H22F6N7OP. The fourth-order valence-corrected chi connectivity index (χ4v) is 4.12. The van der Waals surface area contributed by atoms with Gasteiger partial charge in [-0.2, -0.15) is 26.9 Å². The number of pyridine rings is 1. The molecule has 0 saturated carbocycles. The van der Waals surface area contributed by atoms with Crippen LogP contribution in [0.5, 0.6) is 5.75 Å². The topological polar surface area (TPSA) is 80.5 Å². The van der Waals surface area contributed by atoms with Crippen LogP contribution in [0.1, 0.15) is 24.9 Å². The number of aromatic nitrogens is 5. The molecule has 15 heteroatoms. The predicted octanol–water partition coefficient (Wildman–Crippen LogP) is 4.16. The van der Waals surface area contributed by atoms with E-state index in [9.17, 15) is 26.3 Å². The minimum Gasteiger partial charge on any atom is -0.480 e. The zero-order valence-electron chi connectivity index (χ0n) is 18.7. The van der Waals surface area contributed by atoms with Crippen LogP contribution in [0.3, 0.4) is 0 Å². The minimum atomic E-state index is -4.62. The van der Waals surface area contributed by atoms with Gasteiger partial charge in [-0.3, -0.25) is 0 Å². The van der Waals surface area contributed by atoms with E-state index in [4.69, 9.17) is 4.74 Å². The van der Waals surface area contributed by atoms with Crippen LogP contribution in [0.15, 0.2) is 18.3 Å². The summed E-state index contributed by atoms with van der Waals surface area (Å²) < 4.78 is 85.7. The molecule has 0 amide bonds. The van der Waals surface area contributed by atoms with Gasteiger partial charge in [-0.1, -0.05) is 9.24 Å². The highest BCUT2D eigenvalue weighted by Gasteiger charge is 2.33. The monoisotopic (exact) mass is 521 g/mol. The molecule has 1 N–H and O–H groups in total. The fourth-order valence-electron chi connectivity index (χ4n) is 3.90. The number of hydrogen-bond donors (Lipinski definition) is 1. The van der Waals surface area contributed by atoms with Gasteiger partial charge in [0.2, 0.25) is 5.95 Å². The average molecular weight is 521 g/mol. The molecule has 3 aromatic rings. The molecule has 0 spiro atoms. The lowest BCUT2D eigenvalue weighted by Gasteiger charge is -2.22. The van der Waals surface area contributed by atoms with Gasteiger partial charge >= 0.3 is 6.18 Å². The van der Waals surface area contributed by atoms with Crippen molar-refractivity contribution in [2.45, 2.75) is 38.2 Å². The molecule has 3 aromatic heterocycles. The number of hydrogen-bond acceptors (Lipinski definition) is 7. The standard InChI is InChI=1S/C20H22F6N7OP/c1-10(12-5-6-32(8-12)16-13(21)7-27-11(2)29-16)28-18-30-17-14(34-9-19(22,23)24)3-4-15(20(25,26)35)33(17)31-18/h3-4,7,10,12H,5-6,8-9,35H2,1-2H3,(H,28,31). The smallest absolute Gasteiger partial charge is 0.422 e. The molecule has 35 heavy (non-hydrogen) atoms. The summed E-state index contributed by atoms with van der Waals surface area (Å²) in [6, 6.07) is 1.66. The van der Waals surface area contributed by atoms with Crippen LogP contribution in [-0.4, -0.2) is 56.5 Å². The Hall–Kier alpha value is -2.89. The lowest BCUT2D eigenvalue weighted by Crippen LogP contribution is -2.30. The summed E-state index contributed by atoms with van der Waals surface area (Å²) in [5.41, 5.74) is -4.29. The number of nitrogens with one attached hydrogen (secondary N) is 1. The Morgan fingerprint density at radius 1 is 1.23 bits per heavy atom. The Labute approximate surface area is 198 Å². The van der Waals surface area contributed by atoms with Crippen molar-refractivity contribution in [1.82, 2.24) is 24.6 Å². The third-order valence-corrected chi connectivity index (χ3v) is 5.91. The molecule has 1 saturated heterocycles. The number of ether oxygens (including phenoxy) is 1. The number of rotatable bonds is 7. The first-order valence-corrected chi connectivity index (χ1v) is 11.2. The Kier molecular flexibility index (Phi) is 6.69. The summed E-state index contributed by atoms with van der Waals surface area (Å²) in [4.78, 5) is 13.9. The van der Waals surface area contributed by atoms with Gasteiger partial charge in [0.25, 0.3) is 5.66 Å². The van der Waals surface area contributed by atoms with Gasteiger partial charge in [-0.25, -0.2) is 18.9 Å². The van der Waals surface area contributed by atoms with Crippen LogP contribution in [-0.2, 0) is 5.66 Å². The lowest BCUT2D eigenvalue weighted by atomic mass is 10.0. The van der Waals surface area contributed by atoms with Gasteiger partial charge in [0, 0.05) is 19.1 Å². The number of nitrogens with zero attached hydrogens (tertiary/aromatic N) is 6. The number of halogens is 6. The van der Waals surface area contributed by atoms with E-state index in [-0.39, 0.29) is 35.1 Å². The molecule has 3 unspecified atom stereocenters. The summed E-state index contributed by atoms with van der Waals surface area (Å²) in [6.45, 7) is 2.89. The largest absolute Gasteiger partial charge is 0.480 e. The second kappa shape index (κ2) is 9.29. The quantitative estimate of drug-likeness (QED) is 0.370. The second-order valence-corrected chi connectivity index (χ2v) is 9.02. The molecule has 1 fully saturated rings. The van der Waals surface area contributed by atoms with Crippen molar-refractivity contribution in [3.05, 3.63) is 35.7 Å². The van der Waals surface area contributed by atoms with Crippen molar-refractivity contribution >= 4 is 26.7 Å². The van der Waals surface area contributed by atoms with Crippen molar-refractivity contribution in [2.75, 3.05) is 29.9 Å². The van der Waals surface area contributed by atoms with E-state index >= 15 is 0 Å². The van der Waals surface area contributed by atoms with Gasteiger partial charge in [-0.15, -0.1) is 5.10 Å². The normalized spacial score (nSPS) is 17.7. The summed E-state index contributed by atoms with van der Waals surface area (Å²) in [7, 11) is 1.36. The first-order valence-electron chi connectivity index (χ1n) is 10.6. The lowest BCUT2D eigenvalue weighted by molar-refractivity contribution is -0.153. The minimum absolute atomic E-state index is 0.000115. The Morgan fingerprint density at radius 3 is 2.66 bits per heavy atom. The maximum absolute atomic E-state index is 14.2. The molecule has 3 atom stereocenters. The Balaban J connectivity index is 1.55. The molecular weight excluding hydrogens is 499 g/mol. The van der Waals surface area contributed by atoms with Gasteiger partial charge < -0.3 is 15.0 Å². The van der Waals surface area contributed by atoms with Crippen molar-refractivity contribution in [3.63, 3.8) is 0 Å². The molecule has 0 bridgehead atoms. The summed E-state index contributed by atoms with van der Waals surface area (Å²) >= 11 is 0. The molecule has 0 radical (unpaired) electrons. The summed E-state index contributed by atoms with van der Waals surface area (Å²) in [5.74, 6) is -0.281. The van der Waals surface area contributed by atoms with Crippen molar-refractivity contribution in [1.29, 1.82) is 0 Å². The number of fused-ring (bicyclic) bond motifs is 1. The summed E-state index contributed by atoms with van der Waals surface area (Å²) in [5, 5.41) is 7.07. The maximum Gasteiger partial charge on any atom is 0.422 e. The SMILES string of the molecule is Cc1ncc(F)c(N2CCC(C(C)Nc3nc4c(OCC(F)(F)F)ccc(C(F)(F)P)n4n3)C2)n1. The molecule has 4 heterocycles. The highest BCUT2D eigenvalue weighted by atomic mass is 31.0. The van der Waals surface area contributed by atoms with Crippen LogP contribution in [0, 0.1) is 18.7 Å². The van der Waals surface area contributed by atoms with E-state index in [1.165, 1.54) is 9.24 Å². The predicted molar refractivity (Wildman–Crippen MR) is 118 cm³/mol. The van der Waals surface area contributed by atoms with Crippen LogP contribution in [0.4, 0.5) is 38.1 Å². The first kappa shape index (κ1) is 25.2. The van der Waals surface area contributed by atoms with E-state index in [0.717, 1.165) is 22.8 Å². The van der Waals surface area contributed by atoms with E-state index in [1.807, 2.05) is 6.92 Å². The van der Waals surface area contributed by atoms with E-state index in [1.54, 1.807) is 11.8 Å². The highest BCUT2D eigenvalue weighted by Crippen LogP contribution is 2.37. The van der Waals surface area contributed by atoms with Crippen molar-refractivity contribution in [3.8, 4) is 5.75 Å². The number of alkyl halides is 5. The number of anilines is 2. The number of aryl methyl sites for hydroxylation is 1. The van der Waals surface area contributed by atoms with Crippen molar-refractivity contribution < 1.29 is 31.1 Å². The second-order valence-electron chi connectivity index (χ2n) is 8.30. The Morgan fingerprint density at radius 2 is 1.97 bits per heavy atom. The summed E-state index contributed by atoms with van der Waals surface area (Å²) in [6.07, 6.45) is -2.82. The molecule has 0 aliphatic carbocycles. The molecule has 190 valence electrons. The third-order valence-electron chi connectivity index (χ3n) is 5.62. The molecule has 8 nitrogen and oxygen atoms in total. The maximum atomic E-state index is 14.2. The fraction of sp³-hybridized carbons (Fsp3) is 0.500.